The Morgan fingerprint density at radius 1 is 0.909 bits per heavy atom. The number of nitrogens with zero attached hydrogens (tertiary/aromatic N) is 1. The summed E-state index contributed by atoms with van der Waals surface area (Å²) < 4.78 is 11.1. The lowest BCUT2D eigenvalue weighted by molar-refractivity contribution is -0.142. The molecule has 3 rings (SSSR count). The Bertz CT molecular complexity index is 1070. The van der Waals surface area contributed by atoms with Gasteiger partial charge < -0.3 is 19.7 Å². The minimum atomic E-state index is -0.689. The molecule has 172 valence electrons. The van der Waals surface area contributed by atoms with Crippen molar-refractivity contribution in [3.8, 4) is 11.5 Å². The van der Waals surface area contributed by atoms with Crippen molar-refractivity contribution in [1.82, 2.24) is 10.2 Å². The summed E-state index contributed by atoms with van der Waals surface area (Å²) in [6, 6.07) is 24.0. The molecular weight excluding hydrogens is 416 g/mol. The topological polar surface area (TPSA) is 67.9 Å². The van der Waals surface area contributed by atoms with Crippen LogP contribution in [0.25, 0.3) is 0 Å². The molecule has 0 radical (unpaired) electrons. The normalized spacial score (nSPS) is 11.4. The summed E-state index contributed by atoms with van der Waals surface area (Å²) in [5, 5.41) is 2.72. The zero-order valence-corrected chi connectivity index (χ0v) is 19.3. The molecule has 1 N–H and O–H groups in total. The first-order valence-electron chi connectivity index (χ1n) is 10.9. The first-order chi connectivity index (χ1) is 16.0. The number of rotatable bonds is 10. The lowest BCUT2D eigenvalue weighted by atomic mass is 10.0. The molecule has 3 aromatic carbocycles. The fourth-order valence-electron chi connectivity index (χ4n) is 3.65. The van der Waals surface area contributed by atoms with Crippen molar-refractivity contribution in [3.05, 3.63) is 95.6 Å². The van der Waals surface area contributed by atoms with Crippen LogP contribution in [0.5, 0.6) is 11.5 Å². The molecule has 1 atom stereocenters. The maximum absolute atomic E-state index is 13.5. The minimum absolute atomic E-state index is 0.214. The van der Waals surface area contributed by atoms with Crippen LogP contribution in [0.4, 0.5) is 0 Å². The molecule has 0 saturated heterocycles. The Labute approximate surface area is 195 Å². The summed E-state index contributed by atoms with van der Waals surface area (Å²) in [7, 11) is 3.14. The predicted octanol–water partition coefficient (Wildman–Crippen LogP) is 3.77. The summed E-state index contributed by atoms with van der Waals surface area (Å²) >= 11 is 0. The van der Waals surface area contributed by atoms with Gasteiger partial charge in [0.2, 0.25) is 5.91 Å². The van der Waals surface area contributed by atoms with Gasteiger partial charge in [0.05, 0.1) is 7.11 Å². The van der Waals surface area contributed by atoms with Crippen molar-refractivity contribution >= 4 is 11.8 Å². The van der Waals surface area contributed by atoms with Crippen LogP contribution >= 0.6 is 0 Å². The molecule has 33 heavy (non-hydrogen) atoms. The highest BCUT2D eigenvalue weighted by Gasteiger charge is 2.30. The maximum atomic E-state index is 13.5. The third kappa shape index (κ3) is 6.35. The second kappa shape index (κ2) is 11.7. The number of methoxy groups -OCH3 is 1. The first kappa shape index (κ1) is 23.9. The van der Waals surface area contributed by atoms with Crippen LogP contribution in [0.15, 0.2) is 78.9 Å². The van der Waals surface area contributed by atoms with E-state index in [1.165, 1.54) is 0 Å². The largest absolute Gasteiger partial charge is 0.493 e. The van der Waals surface area contributed by atoms with Gasteiger partial charge in [-0.05, 0) is 35.7 Å². The smallest absolute Gasteiger partial charge is 0.261 e. The Hall–Kier alpha value is -3.80. The molecule has 2 amide bonds. The van der Waals surface area contributed by atoms with E-state index >= 15 is 0 Å². The van der Waals surface area contributed by atoms with Crippen molar-refractivity contribution in [1.29, 1.82) is 0 Å². The number of carbonyl (C=O) groups is 2. The number of aryl methyl sites for hydroxylation is 1. The lowest BCUT2D eigenvalue weighted by Crippen LogP contribution is -2.51. The molecule has 0 aliphatic carbocycles. The van der Waals surface area contributed by atoms with Crippen molar-refractivity contribution in [2.75, 3.05) is 20.8 Å². The van der Waals surface area contributed by atoms with E-state index < -0.39 is 6.04 Å². The van der Waals surface area contributed by atoms with Crippen LogP contribution in [0, 0.1) is 6.92 Å². The molecular formula is C27H30N2O4. The maximum Gasteiger partial charge on any atom is 0.261 e. The summed E-state index contributed by atoms with van der Waals surface area (Å²) in [4.78, 5) is 28.0. The SMILES string of the molecule is CNC(=O)[C@@H](Cc1ccccc1)N(Cc1ccccc1C)C(=O)COc1ccccc1OC. The molecule has 0 aliphatic rings. The Kier molecular flexibility index (Phi) is 8.47. The third-order valence-corrected chi connectivity index (χ3v) is 5.54. The molecule has 0 saturated carbocycles. The fraction of sp³-hybridized carbons (Fsp3) is 0.259. The van der Waals surface area contributed by atoms with Gasteiger partial charge in [0, 0.05) is 20.0 Å². The van der Waals surface area contributed by atoms with E-state index in [0.29, 0.717) is 24.5 Å². The van der Waals surface area contributed by atoms with Gasteiger partial charge in [-0.1, -0.05) is 66.7 Å². The van der Waals surface area contributed by atoms with Gasteiger partial charge in [-0.2, -0.15) is 0 Å². The minimum Gasteiger partial charge on any atom is -0.493 e. The number of benzene rings is 3. The van der Waals surface area contributed by atoms with Gasteiger partial charge in [0.1, 0.15) is 6.04 Å². The van der Waals surface area contributed by atoms with Gasteiger partial charge >= 0.3 is 0 Å². The molecule has 6 nitrogen and oxygen atoms in total. The van der Waals surface area contributed by atoms with Gasteiger partial charge in [0.25, 0.3) is 5.91 Å². The Balaban J connectivity index is 1.90. The highest BCUT2D eigenvalue weighted by Crippen LogP contribution is 2.26. The van der Waals surface area contributed by atoms with E-state index in [0.717, 1.165) is 16.7 Å². The van der Waals surface area contributed by atoms with Crippen LogP contribution in [0.1, 0.15) is 16.7 Å². The van der Waals surface area contributed by atoms with E-state index in [1.54, 1.807) is 31.2 Å². The molecule has 0 aromatic heterocycles. The molecule has 0 heterocycles. The number of amides is 2. The van der Waals surface area contributed by atoms with Crippen molar-refractivity contribution in [3.63, 3.8) is 0 Å². The number of hydrogen-bond acceptors (Lipinski definition) is 4. The zero-order valence-electron chi connectivity index (χ0n) is 19.3. The molecule has 0 fully saturated rings. The monoisotopic (exact) mass is 446 g/mol. The lowest BCUT2D eigenvalue weighted by Gasteiger charge is -2.31. The number of likely N-dealkylation sites (N-methyl/N-ethyl adjacent to an activating group) is 1. The molecule has 0 spiro atoms. The third-order valence-electron chi connectivity index (χ3n) is 5.54. The average Bonchev–Trinajstić information content (AvgIpc) is 2.86. The summed E-state index contributed by atoms with van der Waals surface area (Å²) in [5.74, 6) is 0.512. The summed E-state index contributed by atoms with van der Waals surface area (Å²) in [6.45, 7) is 2.08. The molecule has 0 aliphatic heterocycles. The van der Waals surface area contributed by atoms with Crippen LogP contribution < -0.4 is 14.8 Å². The van der Waals surface area contributed by atoms with E-state index in [9.17, 15) is 9.59 Å². The molecule has 3 aromatic rings. The van der Waals surface area contributed by atoms with E-state index in [2.05, 4.69) is 5.32 Å². The molecule has 0 unspecified atom stereocenters. The van der Waals surface area contributed by atoms with Crippen LogP contribution in [0.3, 0.4) is 0 Å². The second-order valence-corrected chi connectivity index (χ2v) is 7.71. The van der Waals surface area contributed by atoms with Crippen molar-refractivity contribution in [2.24, 2.45) is 0 Å². The predicted molar refractivity (Wildman–Crippen MR) is 128 cm³/mol. The summed E-state index contributed by atoms with van der Waals surface area (Å²) in [6.07, 6.45) is 0.396. The van der Waals surface area contributed by atoms with Crippen molar-refractivity contribution in [2.45, 2.75) is 25.9 Å². The van der Waals surface area contributed by atoms with E-state index in [4.69, 9.17) is 9.47 Å². The van der Waals surface area contributed by atoms with Crippen LogP contribution in [-0.2, 0) is 22.6 Å². The number of hydrogen-bond donors (Lipinski definition) is 1. The summed E-state index contributed by atoms with van der Waals surface area (Å²) in [5.41, 5.74) is 3.00. The molecule has 0 bridgehead atoms. The average molecular weight is 447 g/mol. The quantitative estimate of drug-likeness (QED) is 0.515. The second-order valence-electron chi connectivity index (χ2n) is 7.71. The van der Waals surface area contributed by atoms with Crippen molar-refractivity contribution < 1.29 is 19.1 Å². The van der Waals surface area contributed by atoms with Crippen LogP contribution in [-0.4, -0.2) is 43.5 Å². The van der Waals surface area contributed by atoms with E-state index in [-0.39, 0.29) is 18.4 Å². The Morgan fingerprint density at radius 3 is 2.21 bits per heavy atom. The van der Waals surface area contributed by atoms with E-state index in [1.807, 2.05) is 73.7 Å². The number of carbonyl (C=O) groups excluding carboxylic acids is 2. The van der Waals surface area contributed by atoms with Crippen LogP contribution in [0.2, 0.25) is 0 Å². The fourth-order valence-corrected chi connectivity index (χ4v) is 3.65. The number of ether oxygens (including phenoxy) is 2. The highest BCUT2D eigenvalue weighted by atomic mass is 16.5. The zero-order chi connectivity index (χ0) is 23.6. The Morgan fingerprint density at radius 2 is 1.55 bits per heavy atom. The van der Waals surface area contributed by atoms with Gasteiger partial charge in [-0.3, -0.25) is 9.59 Å². The highest BCUT2D eigenvalue weighted by molar-refractivity contribution is 5.88. The molecule has 6 heteroatoms. The van der Waals surface area contributed by atoms with Gasteiger partial charge in [-0.25, -0.2) is 0 Å². The van der Waals surface area contributed by atoms with Gasteiger partial charge in [-0.15, -0.1) is 0 Å². The first-order valence-corrected chi connectivity index (χ1v) is 10.9. The number of para-hydroxylation sites is 2. The van der Waals surface area contributed by atoms with Gasteiger partial charge in [0.15, 0.2) is 18.1 Å². The standard InChI is InChI=1S/C27H30N2O4/c1-20-11-7-8-14-22(20)18-29(23(27(31)28-2)17-21-12-5-4-6-13-21)26(30)19-33-25-16-10-9-15-24(25)32-3/h4-16,23H,17-19H2,1-3H3,(H,28,31)/t23-/m1/s1. The number of nitrogens with one attached hydrogen (secondary N) is 1.